The van der Waals surface area contributed by atoms with E-state index in [2.05, 4.69) is 4.90 Å². The SMILES string of the molecule is C[C@@H](N)C(=O)N1CCCN(CC(=O)N2CCCC2)CC1. The number of nitrogens with zero attached hydrogens (tertiary/aromatic N) is 3. The molecule has 20 heavy (non-hydrogen) atoms. The first kappa shape index (κ1) is 15.3. The van der Waals surface area contributed by atoms with E-state index in [1.807, 2.05) is 9.80 Å². The second-order valence-corrected chi connectivity index (χ2v) is 5.83. The van der Waals surface area contributed by atoms with Gasteiger partial charge in [-0.3, -0.25) is 14.5 Å². The lowest BCUT2D eigenvalue weighted by Crippen LogP contribution is -2.44. The van der Waals surface area contributed by atoms with Crippen LogP contribution in [0.2, 0.25) is 0 Å². The highest BCUT2D eigenvalue weighted by Gasteiger charge is 2.24. The molecule has 0 bridgehead atoms. The molecule has 2 heterocycles. The summed E-state index contributed by atoms with van der Waals surface area (Å²) in [4.78, 5) is 30.0. The molecule has 0 aromatic heterocycles. The third-order valence-electron chi connectivity index (χ3n) is 4.11. The molecule has 0 unspecified atom stereocenters. The number of amides is 2. The molecule has 2 saturated heterocycles. The summed E-state index contributed by atoms with van der Waals surface area (Å²) in [5.41, 5.74) is 5.65. The van der Waals surface area contributed by atoms with Crippen molar-refractivity contribution in [2.75, 3.05) is 45.8 Å². The van der Waals surface area contributed by atoms with Gasteiger partial charge >= 0.3 is 0 Å². The largest absolute Gasteiger partial charge is 0.342 e. The van der Waals surface area contributed by atoms with Gasteiger partial charge in [-0.05, 0) is 26.2 Å². The number of hydrogen-bond acceptors (Lipinski definition) is 4. The molecule has 2 aliphatic rings. The smallest absolute Gasteiger partial charge is 0.239 e. The molecule has 2 N–H and O–H groups in total. The van der Waals surface area contributed by atoms with Gasteiger partial charge in [-0.1, -0.05) is 0 Å². The van der Waals surface area contributed by atoms with Gasteiger partial charge in [0.15, 0.2) is 0 Å². The highest BCUT2D eigenvalue weighted by molar-refractivity contribution is 5.81. The molecule has 0 radical (unpaired) electrons. The Balaban J connectivity index is 1.80. The summed E-state index contributed by atoms with van der Waals surface area (Å²) in [6, 6.07) is -0.437. The Labute approximate surface area is 120 Å². The van der Waals surface area contributed by atoms with E-state index in [-0.39, 0.29) is 11.8 Å². The maximum Gasteiger partial charge on any atom is 0.239 e. The van der Waals surface area contributed by atoms with Crippen LogP contribution in [0.25, 0.3) is 0 Å². The van der Waals surface area contributed by atoms with Crippen molar-refractivity contribution in [1.29, 1.82) is 0 Å². The Hall–Kier alpha value is -1.14. The Bertz CT molecular complexity index is 353. The predicted molar refractivity (Wildman–Crippen MR) is 77.1 cm³/mol. The Morgan fingerprint density at radius 2 is 1.60 bits per heavy atom. The normalized spacial score (nSPS) is 22.7. The molecule has 0 spiro atoms. The lowest BCUT2D eigenvalue weighted by molar-refractivity contribution is -0.132. The van der Waals surface area contributed by atoms with Crippen LogP contribution in [0, 0.1) is 0 Å². The zero-order chi connectivity index (χ0) is 14.5. The van der Waals surface area contributed by atoms with E-state index in [4.69, 9.17) is 5.73 Å². The van der Waals surface area contributed by atoms with Crippen LogP contribution in [-0.2, 0) is 9.59 Å². The van der Waals surface area contributed by atoms with Crippen LogP contribution in [0.5, 0.6) is 0 Å². The molecule has 2 amide bonds. The first-order valence-corrected chi connectivity index (χ1v) is 7.62. The van der Waals surface area contributed by atoms with Crippen molar-refractivity contribution in [2.24, 2.45) is 5.73 Å². The van der Waals surface area contributed by atoms with Gasteiger partial charge in [0, 0.05) is 39.3 Å². The summed E-state index contributed by atoms with van der Waals surface area (Å²) in [7, 11) is 0. The Kier molecular flexibility index (Phi) is 5.37. The van der Waals surface area contributed by atoms with Crippen LogP contribution in [0.4, 0.5) is 0 Å². The molecule has 2 aliphatic heterocycles. The minimum atomic E-state index is -0.437. The van der Waals surface area contributed by atoms with Crippen molar-refractivity contribution in [2.45, 2.75) is 32.2 Å². The van der Waals surface area contributed by atoms with Crippen molar-refractivity contribution < 1.29 is 9.59 Å². The second kappa shape index (κ2) is 7.04. The number of carbonyl (C=O) groups is 2. The molecule has 0 saturated carbocycles. The van der Waals surface area contributed by atoms with Gasteiger partial charge in [0.2, 0.25) is 11.8 Å². The average molecular weight is 282 g/mol. The van der Waals surface area contributed by atoms with Crippen molar-refractivity contribution in [3.8, 4) is 0 Å². The second-order valence-electron chi connectivity index (χ2n) is 5.83. The monoisotopic (exact) mass is 282 g/mol. The average Bonchev–Trinajstić information content (AvgIpc) is 2.86. The van der Waals surface area contributed by atoms with E-state index < -0.39 is 6.04 Å². The fourth-order valence-corrected chi connectivity index (χ4v) is 2.90. The fraction of sp³-hybridized carbons (Fsp3) is 0.857. The summed E-state index contributed by atoms with van der Waals surface area (Å²) in [5, 5.41) is 0. The highest BCUT2D eigenvalue weighted by atomic mass is 16.2. The van der Waals surface area contributed by atoms with Gasteiger partial charge < -0.3 is 15.5 Å². The predicted octanol–water partition coefficient (Wildman–Crippen LogP) is -0.510. The van der Waals surface area contributed by atoms with E-state index in [0.29, 0.717) is 13.1 Å². The summed E-state index contributed by atoms with van der Waals surface area (Å²) in [5.74, 6) is 0.243. The molecule has 1 atom stereocenters. The molecular weight excluding hydrogens is 256 g/mol. The van der Waals surface area contributed by atoms with Crippen molar-refractivity contribution in [3.05, 3.63) is 0 Å². The minimum Gasteiger partial charge on any atom is -0.342 e. The van der Waals surface area contributed by atoms with Gasteiger partial charge in [0.05, 0.1) is 12.6 Å². The van der Waals surface area contributed by atoms with Gasteiger partial charge in [-0.25, -0.2) is 0 Å². The molecule has 0 aliphatic carbocycles. The van der Waals surface area contributed by atoms with E-state index in [9.17, 15) is 9.59 Å². The third-order valence-corrected chi connectivity index (χ3v) is 4.11. The number of likely N-dealkylation sites (tertiary alicyclic amines) is 1. The van der Waals surface area contributed by atoms with Crippen LogP contribution in [-0.4, -0.2) is 78.4 Å². The maximum atomic E-state index is 12.1. The van der Waals surface area contributed by atoms with E-state index in [1.165, 1.54) is 0 Å². The van der Waals surface area contributed by atoms with Crippen molar-refractivity contribution in [1.82, 2.24) is 14.7 Å². The standard InChI is InChI=1S/C14H26N4O2/c1-12(15)14(20)18-8-4-5-16(9-10-18)11-13(19)17-6-2-3-7-17/h12H,2-11,15H2,1H3/t12-/m1/s1. The summed E-state index contributed by atoms with van der Waals surface area (Å²) in [6.45, 7) is 7.08. The van der Waals surface area contributed by atoms with Crippen LogP contribution in [0.15, 0.2) is 0 Å². The molecule has 0 aromatic carbocycles. The first-order valence-electron chi connectivity index (χ1n) is 7.62. The number of rotatable bonds is 3. The molecule has 114 valence electrons. The van der Waals surface area contributed by atoms with E-state index in [0.717, 1.165) is 52.0 Å². The molecule has 6 heteroatoms. The highest BCUT2D eigenvalue weighted by Crippen LogP contribution is 2.10. The molecule has 6 nitrogen and oxygen atoms in total. The van der Waals surface area contributed by atoms with Crippen LogP contribution < -0.4 is 5.73 Å². The topological polar surface area (TPSA) is 69.9 Å². The third kappa shape index (κ3) is 3.93. The lowest BCUT2D eigenvalue weighted by atomic mass is 10.3. The first-order chi connectivity index (χ1) is 9.58. The molecule has 0 aromatic rings. The quantitative estimate of drug-likeness (QED) is 0.757. The van der Waals surface area contributed by atoms with E-state index in [1.54, 1.807) is 6.92 Å². The van der Waals surface area contributed by atoms with E-state index >= 15 is 0 Å². The number of carbonyl (C=O) groups excluding carboxylic acids is 2. The lowest BCUT2D eigenvalue weighted by Gasteiger charge is -2.24. The van der Waals surface area contributed by atoms with Crippen molar-refractivity contribution >= 4 is 11.8 Å². The molecule has 2 fully saturated rings. The number of nitrogens with two attached hydrogens (primary N) is 1. The van der Waals surface area contributed by atoms with Crippen LogP contribution >= 0.6 is 0 Å². The van der Waals surface area contributed by atoms with Gasteiger partial charge in [-0.2, -0.15) is 0 Å². The van der Waals surface area contributed by atoms with Gasteiger partial charge in [0.25, 0.3) is 0 Å². The fourth-order valence-electron chi connectivity index (χ4n) is 2.90. The van der Waals surface area contributed by atoms with Gasteiger partial charge in [-0.15, -0.1) is 0 Å². The van der Waals surface area contributed by atoms with Crippen LogP contribution in [0.3, 0.4) is 0 Å². The summed E-state index contributed by atoms with van der Waals surface area (Å²) in [6.07, 6.45) is 3.16. The van der Waals surface area contributed by atoms with Crippen molar-refractivity contribution in [3.63, 3.8) is 0 Å². The molecular formula is C14H26N4O2. The maximum absolute atomic E-state index is 12.1. The molecule has 2 rings (SSSR count). The van der Waals surface area contributed by atoms with Crippen LogP contribution in [0.1, 0.15) is 26.2 Å². The minimum absolute atomic E-state index is 0.0118. The van der Waals surface area contributed by atoms with Gasteiger partial charge in [0.1, 0.15) is 0 Å². The Morgan fingerprint density at radius 1 is 0.950 bits per heavy atom. The zero-order valence-corrected chi connectivity index (χ0v) is 12.4. The zero-order valence-electron chi connectivity index (χ0n) is 12.4. The Morgan fingerprint density at radius 3 is 2.25 bits per heavy atom. The summed E-state index contributed by atoms with van der Waals surface area (Å²) >= 11 is 0. The summed E-state index contributed by atoms with van der Waals surface area (Å²) < 4.78 is 0. The number of hydrogen-bond donors (Lipinski definition) is 1.